The van der Waals surface area contributed by atoms with E-state index in [9.17, 15) is 9.90 Å². The van der Waals surface area contributed by atoms with Gasteiger partial charge in [0.25, 0.3) is 0 Å². The Morgan fingerprint density at radius 2 is 1.69 bits per heavy atom. The number of nitrogens with zero attached hydrogens (tertiary/aromatic N) is 6. The molecule has 5 heterocycles. The minimum atomic E-state index is -0.436. The van der Waals surface area contributed by atoms with E-state index >= 15 is 0 Å². The summed E-state index contributed by atoms with van der Waals surface area (Å²) in [4.78, 5) is 26.6. The van der Waals surface area contributed by atoms with Crippen molar-refractivity contribution in [3.05, 3.63) is 76.3 Å². The van der Waals surface area contributed by atoms with E-state index in [1.807, 2.05) is 50.5 Å². The third kappa shape index (κ3) is 6.27. The summed E-state index contributed by atoms with van der Waals surface area (Å²) in [5.74, 6) is 2.16. The number of hydrogen-bond donors (Lipinski definition) is 1. The van der Waals surface area contributed by atoms with Crippen LogP contribution in [0.1, 0.15) is 104 Å². The fraction of sp³-hybridized carbons (Fsp3) is 0.459. The Morgan fingerprint density at radius 3 is 2.38 bits per heavy atom. The van der Waals surface area contributed by atoms with Gasteiger partial charge in [-0.25, -0.2) is 9.97 Å². The molecule has 11 heteroatoms. The topological polar surface area (TPSA) is 127 Å². The van der Waals surface area contributed by atoms with E-state index in [1.165, 1.54) is 23.1 Å². The highest BCUT2D eigenvalue weighted by Gasteiger charge is 2.32. The van der Waals surface area contributed by atoms with Gasteiger partial charge < -0.3 is 19.3 Å². The van der Waals surface area contributed by atoms with Gasteiger partial charge in [-0.05, 0) is 92.5 Å². The van der Waals surface area contributed by atoms with Crippen LogP contribution in [0.15, 0.2) is 53.3 Å². The Bertz CT molecular complexity index is 1890. The third-order valence-corrected chi connectivity index (χ3v) is 11.7. The first-order valence-electron chi connectivity index (χ1n) is 17.0. The van der Waals surface area contributed by atoms with Crippen LogP contribution in [0.25, 0.3) is 21.5 Å². The number of carbonyl (C=O) groups excluding carboxylic acids is 1. The standard InChI is InChI=1S/C37H42N6O4S/c1-21(2)33(36(45)46-4)32-18-29(42-47-32)24-11-9-23(10-12-24)26-19-38-37(39-20-26)43-15-13-25(14-16-43)34-22(3)28-17-30(40-41-35(28)48-34)27-7-5-6-8-31(27)44/h5-8,17-21,23-25,33,44H,9-16H2,1-4H3. The lowest BCUT2D eigenvalue weighted by molar-refractivity contribution is -0.144. The van der Waals surface area contributed by atoms with Crippen molar-refractivity contribution in [1.82, 2.24) is 25.3 Å². The van der Waals surface area contributed by atoms with Gasteiger partial charge in [0.1, 0.15) is 16.5 Å². The molecule has 1 atom stereocenters. The maximum atomic E-state index is 12.3. The zero-order valence-electron chi connectivity index (χ0n) is 27.9. The molecular formula is C37H42N6O4S. The van der Waals surface area contributed by atoms with Gasteiger partial charge >= 0.3 is 5.97 Å². The van der Waals surface area contributed by atoms with Crippen molar-refractivity contribution in [2.45, 2.75) is 83.0 Å². The molecule has 1 saturated carbocycles. The van der Waals surface area contributed by atoms with Crippen LogP contribution in [0.2, 0.25) is 0 Å². The number of ether oxygens (including phenoxy) is 1. The van der Waals surface area contributed by atoms with Crippen LogP contribution in [-0.4, -0.2) is 56.6 Å². The number of thiophene rings is 1. The van der Waals surface area contributed by atoms with E-state index in [4.69, 9.17) is 19.2 Å². The number of aromatic nitrogens is 5. The summed E-state index contributed by atoms with van der Waals surface area (Å²) in [5, 5.41) is 24.7. The monoisotopic (exact) mass is 666 g/mol. The van der Waals surface area contributed by atoms with Crippen molar-refractivity contribution < 1.29 is 19.2 Å². The van der Waals surface area contributed by atoms with E-state index in [1.54, 1.807) is 17.4 Å². The number of phenolic OH excluding ortho intramolecular Hbond substituents is 1. The average molecular weight is 667 g/mol. The predicted octanol–water partition coefficient (Wildman–Crippen LogP) is 7.89. The molecule has 2 aliphatic rings. The first-order chi connectivity index (χ1) is 23.3. The van der Waals surface area contributed by atoms with Crippen molar-refractivity contribution in [2.75, 3.05) is 25.1 Å². The number of benzene rings is 1. The number of carbonyl (C=O) groups is 1. The quantitative estimate of drug-likeness (QED) is 0.163. The fourth-order valence-electron chi connectivity index (χ4n) is 7.51. The summed E-state index contributed by atoms with van der Waals surface area (Å²) >= 11 is 1.74. The van der Waals surface area contributed by atoms with E-state index in [0.717, 1.165) is 73.5 Å². The highest BCUT2D eigenvalue weighted by Crippen LogP contribution is 2.43. The van der Waals surface area contributed by atoms with Crippen LogP contribution in [0, 0.1) is 12.8 Å². The van der Waals surface area contributed by atoms with E-state index in [-0.39, 0.29) is 17.6 Å². The number of para-hydroxylation sites is 1. The Balaban J connectivity index is 0.946. The average Bonchev–Trinajstić information content (AvgIpc) is 3.73. The van der Waals surface area contributed by atoms with Crippen molar-refractivity contribution in [3.63, 3.8) is 0 Å². The number of hydrogen-bond acceptors (Lipinski definition) is 11. The second-order valence-electron chi connectivity index (χ2n) is 13.6. The van der Waals surface area contributed by atoms with Crippen LogP contribution < -0.4 is 4.90 Å². The van der Waals surface area contributed by atoms with Gasteiger partial charge in [0.2, 0.25) is 5.95 Å². The zero-order chi connectivity index (χ0) is 33.4. The van der Waals surface area contributed by atoms with E-state index in [0.29, 0.717) is 34.8 Å². The molecule has 1 N–H and O–H groups in total. The SMILES string of the molecule is COC(=O)C(c1cc(C2CCC(c3cnc(N4CCC(c5sc6nnc(-c7ccccc7O)cc6c5C)CC4)nc3)CC2)no1)C(C)C. The molecule has 1 aliphatic heterocycles. The molecular weight excluding hydrogens is 625 g/mol. The number of methoxy groups -OCH3 is 1. The summed E-state index contributed by atoms with van der Waals surface area (Å²) in [6, 6.07) is 11.3. The fourth-order valence-corrected chi connectivity index (χ4v) is 8.78. The molecule has 1 unspecified atom stereocenters. The van der Waals surface area contributed by atoms with Crippen LogP contribution in [0.3, 0.4) is 0 Å². The number of anilines is 1. The smallest absolute Gasteiger partial charge is 0.316 e. The maximum absolute atomic E-state index is 12.3. The molecule has 10 nitrogen and oxygen atoms in total. The number of aryl methyl sites for hydroxylation is 1. The highest BCUT2D eigenvalue weighted by atomic mass is 32.1. The van der Waals surface area contributed by atoms with Crippen LogP contribution in [0.5, 0.6) is 5.75 Å². The number of fused-ring (bicyclic) bond motifs is 1. The van der Waals surface area contributed by atoms with Gasteiger partial charge in [-0.15, -0.1) is 21.5 Å². The molecule has 48 heavy (non-hydrogen) atoms. The highest BCUT2D eigenvalue weighted by molar-refractivity contribution is 7.18. The normalized spacial score (nSPS) is 19.6. The number of esters is 1. The summed E-state index contributed by atoms with van der Waals surface area (Å²) < 4.78 is 10.6. The first kappa shape index (κ1) is 32.2. The minimum Gasteiger partial charge on any atom is -0.507 e. The Hall–Kier alpha value is -4.38. The summed E-state index contributed by atoms with van der Waals surface area (Å²) in [5.41, 5.74) is 4.79. The lowest BCUT2D eigenvalue weighted by atomic mass is 9.78. The number of aromatic hydroxyl groups is 1. The summed E-state index contributed by atoms with van der Waals surface area (Å²) in [6.45, 7) is 7.98. The van der Waals surface area contributed by atoms with Crippen molar-refractivity contribution in [1.29, 1.82) is 0 Å². The van der Waals surface area contributed by atoms with Gasteiger partial charge in [0, 0.05) is 53.3 Å². The molecule has 5 aromatic rings. The molecule has 7 rings (SSSR count). The molecule has 1 aliphatic carbocycles. The first-order valence-corrected chi connectivity index (χ1v) is 17.8. The van der Waals surface area contributed by atoms with Crippen molar-refractivity contribution in [2.24, 2.45) is 5.92 Å². The van der Waals surface area contributed by atoms with Crippen LogP contribution in [-0.2, 0) is 9.53 Å². The third-order valence-electron chi connectivity index (χ3n) is 10.3. The molecule has 1 aromatic carbocycles. The summed E-state index contributed by atoms with van der Waals surface area (Å²) in [6.07, 6.45) is 10.2. The Labute approximate surface area is 284 Å². The Kier molecular flexibility index (Phi) is 9.13. The van der Waals surface area contributed by atoms with Gasteiger partial charge in [-0.1, -0.05) is 31.1 Å². The van der Waals surface area contributed by atoms with Crippen molar-refractivity contribution in [3.8, 4) is 17.0 Å². The second kappa shape index (κ2) is 13.6. The number of phenols is 1. The minimum absolute atomic E-state index is 0.0659. The summed E-state index contributed by atoms with van der Waals surface area (Å²) in [7, 11) is 1.41. The molecule has 250 valence electrons. The predicted molar refractivity (Wildman–Crippen MR) is 186 cm³/mol. The van der Waals surface area contributed by atoms with Gasteiger partial charge in [-0.2, -0.15) is 0 Å². The van der Waals surface area contributed by atoms with Crippen LogP contribution >= 0.6 is 11.3 Å². The second-order valence-corrected chi connectivity index (χ2v) is 14.6. The molecule has 0 spiro atoms. The molecule has 0 radical (unpaired) electrons. The molecule has 0 amide bonds. The lowest BCUT2D eigenvalue weighted by Gasteiger charge is -2.32. The molecule has 1 saturated heterocycles. The molecule has 4 aromatic heterocycles. The Morgan fingerprint density at radius 1 is 0.979 bits per heavy atom. The zero-order valence-corrected chi connectivity index (χ0v) is 28.7. The number of piperidine rings is 1. The maximum Gasteiger partial charge on any atom is 0.316 e. The molecule has 0 bridgehead atoms. The van der Waals surface area contributed by atoms with Gasteiger partial charge in [-0.3, -0.25) is 4.79 Å². The van der Waals surface area contributed by atoms with Crippen molar-refractivity contribution >= 4 is 33.5 Å². The molecule has 2 fully saturated rings. The van der Waals surface area contributed by atoms with Crippen LogP contribution in [0.4, 0.5) is 5.95 Å². The van der Waals surface area contributed by atoms with E-state index < -0.39 is 5.92 Å². The lowest BCUT2D eigenvalue weighted by Crippen LogP contribution is -2.34. The van der Waals surface area contributed by atoms with E-state index in [2.05, 4.69) is 33.2 Å². The van der Waals surface area contributed by atoms with Gasteiger partial charge in [0.15, 0.2) is 5.76 Å². The van der Waals surface area contributed by atoms with Gasteiger partial charge in [0.05, 0.1) is 18.5 Å². The number of rotatable bonds is 8. The largest absolute Gasteiger partial charge is 0.507 e.